The topological polar surface area (TPSA) is 68.2 Å². The van der Waals surface area contributed by atoms with Gasteiger partial charge < -0.3 is 19.9 Å². The second-order valence-corrected chi connectivity index (χ2v) is 5.51. The van der Waals surface area contributed by atoms with E-state index in [1.54, 1.807) is 12.5 Å². The van der Waals surface area contributed by atoms with Crippen molar-refractivity contribution in [3.05, 3.63) is 48.5 Å². The van der Waals surface area contributed by atoms with Crippen molar-refractivity contribution in [1.29, 1.82) is 0 Å². The SMILES string of the molecule is C[C@@H](Cn1ccnc1)NC(=O)N[C@H]1CCOc2ccccc21. The molecule has 22 heavy (non-hydrogen) atoms. The van der Waals surface area contributed by atoms with Crippen molar-refractivity contribution in [3.8, 4) is 5.75 Å². The van der Waals surface area contributed by atoms with Gasteiger partial charge in [-0.25, -0.2) is 9.78 Å². The van der Waals surface area contributed by atoms with E-state index >= 15 is 0 Å². The zero-order valence-electron chi connectivity index (χ0n) is 12.5. The van der Waals surface area contributed by atoms with E-state index in [4.69, 9.17) is 4.74 Å². The summed E-state index contributed by atoms with van der Waals surface area (Å²) in [6, 6.07) is 7.68. The van der Waals surface area contributed by atoms with Crippen LogP contribution in [0, 0.1) is 0 Å². The van der Waals surface area contributed by atoms with Crippen molar-refractivity contribution in [1.82, 2.24) is 20.2 Å². The first-order valence-electron chi connectivity index (χ1n) is 7.47. The summed E-state index contributed by atoms with van der Waals surface area (Å²) in [5.74, 6) is 0.852. The number of para-hydroxylation sites is 1. The van der Waals surface area contributed by atoms with E-state index in [2.05, 4.69) is 15.6 Å². The summed E-state index contributed by atoms with van der Waals surface area (Å²) >= 11 is 0. The largest absolute Gasteiger partial charge is 0.493 e. The first kappa shape index (κ1) is 14.4. The van der Waals surface area contributed by atoms with Gasteiger partial charge in [0.15, 0.2) is 0 Å². The van der Waals surface area contributed by atoms with Gasteiger partial charge in [0.05, 0.1) is 19.0 Å². The molecule has 1 aromatic heterocycles. The molecule has 2 amide bonds. The molecular formula is C16H20N4O2. The number of hydrogen-bond donors (Lipinski definition) is 2. The number of benzene rings is 1. The fourth-order valence-corrected chi connectivity index (χ4v) is 2.67. The number of hydrogen-bond acceptors (Lipinski definition) is 3. The number of nitrogens with one attached hydrogen (secondary N) is 2. The number of rotatable bonds is 4. The lowest BCUT2D eigenvalue weighted by Crippen LogP contribution is -2.44. The summed E-state index contributed by atoms with van der Waals surface area (Å²) in [4.78, 5) is 16.2. The Kier molecular flexibility index (Phi) is 4.27. The maximum Gasteiger partial charge on any atom is 0.315 e. The molecule has 0 fully saturated rings. The van der Waals surface area contributed by atoms with Crippen LogP contribution in [0.1, 0.15) is 24.9 Å². The average Bonchev–Trinajstić information content (AvgIpc) is 3.00. The highest BCUT2D eigenvalue weighted by Crippen LogP contribution is 2.31. The van der Waals surface area contributed by atoms with Gasteiger partial charge in [-0.3, -0.25) is 0 Å². The summed E-state index contributed by atoms with van der Waals surface area (Å²) in [6.07, 6.45) is 6.13. The van der Waals surface area contributed by atoms with Gasteiger partial charge in [0.25, 0.3) is 0 Å². The van der Waals surface area contributed by atoms with Crippen LogP contribution in [-0.2, 0) is 6.54 Å². The highest BCUT2D eigenvalue weighted by molar-refractivity contribution is 5.75. The van der Waals surface area contributed by atoms with Gasteiger partial charge in [0.1, 0.15) is 5.75 Å². The lowest BCUT2D eigenvalue weighted by molar-refractivity contribution is 0.220. The molecular weight excluding hydrogens is 280 g/mol. The van der Waals surface area contributed by atoms with E-state index in [-0.39, 0.29) is 18.1 Å². The third-order valence-corrected chi connectivity index (χ3v) is 3.69. The zero-order chi connectivity index (χ0) is 15.4. The van der Waals surface area contributed by atoms with Crippen molar-refractivity contribution in [2.24, 2.45) is 0 Å². The average molecular weight is 300 g/mol. The van der Waals surface area contributed by atoms with Crippen LogP contribution in [0.3, 0.4) is 0 Å². The number of urea groups is 1. The van der Waals surface area contributed by atoms with Crippen molar-refractivity contribution < 1.29 is 9.53 Å². The summed E-state index contributed by atoms with van der Waals surface area (Å²) in [5, 5.41) is 5.99. The summed E-state index contributed by atoms with van der Waals surface area (Å²) in [7, 11) is 0. The fourth-order valence-electron chi connectivity index (χ4n) is 2.67. The minimum absolute atomic E-state index is 0.00889. The number of fused-ring (bicyclic) bond motifs is 1. The van der Waals surface area contributed by atoms with Crippen molar-refractivity contribution in [2.75, 3.05) is 6.61 Å². The number of ether oxygens (including phenoxy) is 1. The van der Waals surface area contributed by atoms with Crippen LogP contribution in [0.25, 0.3) is 0 Å². The molecule has 6 nitrogen and oxygen atoms in total. The van der Waals surface area contributed by atoms with E-state index in [0.717, 1.165) is 17.7 Å². The third-order valence-electron chi connectivity index (χ3n) is 3.69. The number of carbonyl (C=O) groups is 1. The van der Waals surface area contributed by atoms with Gasteiger partial charge in [-0.05, 0) is 13.0 Å². The first-order valence-corrected chi connectivity index (χ1v) is 7.47. The van der Waals surface area contributed by atoms with Crippen LogP contribution < -0.4 is 15.4 Å². The molecule has 2 N–H and O–H groups in total. The van der Waals surface area contributed by atoms with Crippen molar-refractivity contribution in [3.63, 3.8) is 0 Å². The lowest BCUT2D eigenvalue weighted by atomic mass is 10.0. The van der Waals surface area contributed by atoms with E-state index in [1.165, 1.54) is 0 Å². The Bertz CT molecular complexity index is 627. The molecule has 0 spiro atoms. The number of aromatic nitrogens is 2. The Morgan fingerprint density at radius 2 is 2.36 bits per heavy atom. The summed E-state index contributed by atoms with van der Waals surface area (Å²) in [6.45, 7) is 3.28. The van der Waals surface area contributed by atoms with Crippen molar-refractivity contribution in [2.45, 2.75) is 32.0 Å². The van der Waals surface area contributed by atoms with Crippen LogP contribution >= 0.6 is 0 Å². The molecule has 116 valence electrons. The Balaban J connectivity index is 1.56. The zero-order valence-corrected chi connectivity index (χ0v) is 12.5. The smallest absolute Gasteiger partial charge is 0.315 e. The molecule has 1 aliphatic rings. The standard InChI is InChI=1S/C16H20N4O2/c1-12(10-20-8-7-17-11-20)18-16(21)19-14-6-9-22-15-5-3-2-4-13(14)15/h2-5,7-8,11-12,14H,6,9-10H2,1H3,(H2,18,19,21)/t12-,14-/m0/s1. The maximum atomic E-state index is 12.2. The predicted molar refractivity (Wildman–Crippen MR) is 82.7 cm³/mol. The molecule has 0 aliphatic carbocycles. The van der Waals surface area contributed by atoms with Crippen molar-refractivity contribution >= 4 is 6.03 Å². The quantitative estimate of drug-likeness (QED) is 0.908. The first-order chi connectivity index (χ1) is 10.7. The molecule has 2 atom stereocenters. The molecule has 0 unspecified atom stereocenters. The number of carbonyl (C=O) groups excluding carboxylic acids is 1. The second kappa shape index (κ2) is 6.51. The minimum atomic E-state index is -0.158. The molecule has 0 saturated carbocycles. The molecule has 3 rings (SSSR count). The van der Waals surface area contributed by atoms with Crippen LogP contribution in [-0.4, -0.2) is 28.2 Å². The number of amides is 2. The van der Waals surface area contributed by atoms with Gasteiger partial charge in [0, 0.05) is 37.0 Å². The molecule has 1 aromatic carbocycles. The predicted octanol–water partition coefficient (Wildman–Crippen LogP) is 2.09. The van der Waals surface area contributed by atoms with Crippen LogP contribution in [0.15, 0.2) is 43.0 Å². The molecule has 2 aromatic rings. The highest BCUT2D eigenvalue weighted by atomic mass is 16.5. The molecule has 2 heterocycles. The normalized spacial score (nSPS) is 18.0. The monoisotopic (exact) mass is 300 g/mol. The fraction of sp³-hybridized carbons (Fsp3) is 0.375. The third kappa shape index (κ3) is 3.39. The Hall–Kier alpha value is -2.50. The van der Waals surface area contributed by atoms with E-state index in [1.807, 2.05) is 42.0 Å². The molecule has 0 radical (unpaired) electrons. The van der Waals surface area contributed by atoms with Gasteiger partial charge in [-0.2, -0.15) is 0 Å². The van der Waals surface area contributed by atoms with Gasteiger partial charge in [-0.1, -0.05) is 18.2 Å². The lowest BCUT2D eigenvalue weighted by Gasteiger charge is -2.27. The Labute approximate surface area is 129 Å². The van der Waals surface area contributed by atoms with Crippen LogP contribution in [0.4, 0.5) is 4.79 Å². The van der Waals surface area contributed by atoms with E-state index < -0.39 is 0 Å². The molecule has 0 bridgehead atoms. The molecule has 0 saturated heterocycles. The van der Waals surface area contributed by atoms with Gasteiger partial charge in [0.2, 0.25) is 0 Å². The minimum Gasteiger partial charge on any atom is -0.493 e. The van der Waals surface area contributed by atoms with E-state index in [0.29, 0.717) is 13.2 Å². The maximum absolute atomic E-state index is 12.2. The Morgan fingerprint density at radius 1 is 1.50 bits per heavy atom. The number of nitrogens with zero attached hydrogens (tertiary/aromatic N) is 2. The summed E-state index contributed by atoms with van der Waals surface area (Å²) in [5.41, 5.74) is 1.03. The van der Waals surface area contributed by atoms with E-state index in [9.17, 15) is 4.79 Å². The Morgan fingerprint density at radius 3 is 3.18 bits per heavy atom. The second-order valence-electron chi connectivity index (χ2n) is 5.51. The molecule has 6 heteroatoms. The summed E-state index contributed by atoms with van der Waals surface area (Å²) < 4.78 is 7.54. The van der Waals surface area contributed by atoms with Gasteiger partial charge in [-0.15, -0.1) is 0 Å². The molecule has 1 aliphatic heterocycles. The van der Waals surface area contributed by atoms with Gasteiger partial charge >= 0.3 is 6.03 Å². The van der Waals surface area contributed by atoms with Crippen LogP contribution in [0.5, 0.6) is 5.75 Å². The highest BCUT2D eigenvalue weighted by Gasteiger charge is 2.22. The van der Waals surface area contributed by atoms with Crippen LogP contribution in [0.2, 0.25) is 0 Å². The number of imidazole rings is 1.